The van der Waals surface area contributed by atoms with E-state index in [0.29, 0.717) is 11.5 Å². The fourth-order valence-electron chi connectivity index (χ4n) is 1.44. The Labute approximate surface area is 103 Å². The van der Waals surface area contributed by atoms with E-state index >= 15 is 0 Å². The highest BCUT2D eigenvalue weighted by molar-refractivity contribution is 6.31. The molecule has 0 bridgehead atoms. The van der Waals surface area contributed by atoms with E-state index in [1.807, 2.05) is 0 Å². The number of hydrazine groups is 1. The van der Waals surface area contributed by atoms with Crippen LogP contribution in [0.15, 0.2) is 24.3 Å². The first-order valence-electron chi connectivity index (χ1n) is 4.88. The monoisotopic (exact) mass is 252 g/mol. The number of benzene rings is 1. The molecule has 0 spiro atoms. The summed E-state index contributed by atoms with van der Waals surface area (Å²) in [6.07, 6.45) is 0. The molecule has 3 N–H and O–H groups in total. The van der Waals surface area contributed by atoms with E-state index in [1.165, 1.54) is 6.07 Å². The molecule has 88 valence electrons. The molecule has 4 nitrogen and oxygen atoms in total. The van der Waals surface area contributed by atoms with Gasteiger partial charge >= 0.3 is 0 Å². The third kappa shape index (κ3) is 2.35. The van der Waals surface area contributed by atoms with Crippen molar-refractivity contribution in [3.8, 4) is 11.4 Å². The molecular formula is C11H10ClFN4. The average molecular weight is 253 g/mol. The summed E-state index contributed by atoms with van der Waals surface area (Å²) in [6, 6.07) is 6.34. The molecule has 17 heavy (non-hydrogen) atoms. The van der Waals surface area contributed by atoms with Crippen LogP contribution in [-0.4, -0.2) is 9.97 Å². The molecule has 0 aliphatic heterocycles. The lowest BCUT2D eigenvalue weighted by Gasteiger charge is -2.06. The Kier molecular flexibility index (Phi) is 3.21. The Morgan fingerprint density at radius 2 is 2.12 bits per heavy atom. The van der Waals surface area contributed by atoms with Crippen molar-refractivity contribution in [2.24, 2.45) is 5.84 Å². The zero-order valence-electron chi connectivity index (χ0n) is 9.04. The van der Waals surface area contributed by atoms with Crippen LogP contribution < -0.4 is 11.3 Å². The summed E-state index contributed by atoms with van der Waals surface area (Å²) in [6.45, 7) is 1.77. The highest BCUT2D eigenvalue weighted by Gasteiger charge is 2.12. The van der Waals surface area contributed by atoms with Crippen LogP contribution >= 0.6 is 11.6 Å². The second kappa shape index (κ2) is 4.65. The lowest BCUT2D eigenvalue weighted by atomic mass is 10.2. The maximum absolute atomic E-state index is 13.8. The summed E-state index contributed by atoms with van der Waals surface area (Å²) < 4.78 is 13.8. The third-order valence-electron chi connectivity index (χ3n) is 2.19. The number of nitrogens with two attached hydrogens (primary N) is 1. The largest absolute Gasteiger partial charge is 0.308 e. The quantitative estimate of drug-likeness (QED) is 0.637. The molecule has 0 aliphatic rings. The van der Waals surface area contributed by atoms with Crippen molar-refractivity contribution in [3.63, 3.8) is 0 Å². The summed E-state index contributed by atoms with van der Waals surface area (Å²) >= 11 is 5.71. The number of hydrogen-bond donors (Lipinski definition) is 2. The van der Waals surface area contributed by atoms with E-state index in [1.54, 1.807) is 25.1 Å². The van der Waals surface area contributed by atoms with E-state index in [2.05, 4.69) is 15.4 Å². The topological polar surface area (TPSA) is 63.8 Å². The van der Waals surface area contributed by atoms with Crippen molar-refractivity contribution < 1.29 is 4.39 Å². The number of anilines is 1. The normalized spacial score (nSPS) is 10.4. The second-order valence-electron chi connectivity index (χ2n) is 3.46. The molecule has 0 amide bonds. The molecule has 0 saturated heterocycles. The van der Waals surface area contributed by atoms with Crippen LogP contribution in [0.4, 0.5) is 10.2 Å². The molecule has 0 fully saturated rings. The summed E-state index contributed by atoms with van der Waals surface area (Å²) in [5.41, 5.74) is 3.34. The number of aromatic nitrogens is 2. The number of nitrogen functional groups attached to an aromatic ring is 1. The summed E-state index contributed by atoms with van der Waals surface area (Å²) in [7, 11) is 0. The standard InChI is InChI=1S/C11H10ClFN4/c1-6-5-9(17-14)16-11(15-6)7-3-2-4-8(12)10(7)13/h2-5H,14H2,1H3,(H,15,16,17). The van der Waals surface area contributed by atoms with Gasteiger partial charge in [0.05, 0.1) is 10.6 Å². The number of hydrogen-bond acceptors (Lipinski definition) is 4. The third-order valence-corrected chi connectivity index (χ3v) is 2.49. The molecule has 2 rings (SSSR count). The second-order valence-corrected chi connectivity index (χ2v) is 3.87. The maximum atomic E-state index is 13.8. The van der Waals surface area contributed by atoms with Crippen LogP contribution in [-0.2, 0) is 0 Å². The Morgan fingerprint density at radius 3 is 2.82 bits per heavy atom. The van der Waals surface area contributed by atoms with Gasteiger partial charge in [0.25, 0.3) is 0 Å². The van der Waals surface area contributed by atoms with Gasteiger partial charge in [-0.3, -0.25) is 0 Å². The molecule has 0 saturated carbocycles. The first kappa shape index (κ1) is 11.8. The van der Waals surface area contributed by atoms with Crippen LogP contribution in [0.25, 0.3) is 11.4 Å². The number of halogens is 2. The van der Waals surface area contributed by atoms with Gasteiger partial charge in [0.15, 0.2) is 11.6 Å². The zero-order valence-corrected chi connectivity index (χ0v) is 9.79. The van der Waals surface area contributed by atoms with Gasteiger partial charge in [0.1, 0.15) is 5.82 Å². The van der Waals surface area contributed by atoms with Gasteiger partial charge in [0.2, 0.25) is 0 Å². The Morgan fingerprint density at radius 1 is 1.35 bits per heavy atom. The zero-order chi connectivity index (χ0) is 12.4. The fourth-order valence-corrected chi connectivity index (χ4v) is 1.61. The van der Waals surface area contributed by atoms with Crippen LogP contribution in [0.5, 0.6) is 0 Å². The Hall–Kier alpha value is -1.72. The fraction of sp³-hybridized carbons (Fsp3) is 0.0909. The van der Waals surface area contributed by atoms with Gasteiger partial charge in [-0.2, -0.15) is 0 Å². The van der Waals surface area contributed by atoms with Crippen LogP contribution in [0, 0.1) is 12.7 Å². The molecular weight excluding hydrogens is 243 g/mol. The average Bonchev–Trinajstić information content (AvgIpc) is 2.31. The van der Waals surface area contributed by atoms with Gasteiger partial charge in [-0.05, 0) is 19.1 Å². The first-order valence-corrected chi connectivity index (χ1v) is 5.26. The van der Waals surface area contributed by atoms with E-state index in [9.17, 15) is 4.39 Å². The van der Waals surface area contributed by atoms with Crippen molar-refractivity contribution in [2.45, 2.75) is 6.92 Å². The molecule has 0 radical (unpaired) electrons. The van der Waals surface area contributed by atoms with Crippen molar-refractivity contribution >= 4 is 17.4 Å². The lowest BCUT2D eigenvalue weighted by molar-refractivity contribution is 0.630. The molecule has 0 unspecified atom stereocenters. The lowest BCUT2D eigenvalue weighted by Crippen LogP contribution is -2.10. The molecule has 1 aromatic carbocycles. The van der Waals surface area contributed by atoms with Crippen molar-refractivity contribution in [2.75, 3.05) is 5.43 Å². The van der Waals surface area contributed by atoms with E-state index in [0.717, 1.165) is 0 Å². The van der Waals surface area contributed by atoms with Gasteiger partial charge in [-0.15, -0.1) is 0 Å². The van der Waals surface area contributed by atoms with Crippen molar-refractivity contribution in [1.29, 1.82) is 0 Å². The number of aryl methyl sites for hydroxylation is 1. The Bertz CT molecular complexity index is 559. The molecule has 0 atom stereocenters. The van der Waals surface area contributed by atoms with Gasteiger partial charge < -0.3 is 5.43 Å². The predicted molar refractivity (Wildman–Crippen MR) is 65.0 cm³/mol. The minimum absolute atomic E-state index is 0.0369. The number of nitrogens with zero attached hydrogens (tertiary/aromatic N) is 2. The molecule has 2 aromatic rings. The van der Waals surface area contributed by atoms with Gasteiger partial charge in [-0.1, -0.05) is 17.7 Å². The predicted octanol–water partition coefficient (Wildman–Crippen LogP) is 2.53. The molecule has 1 aromatic heterocycles. The summed E-state index contributed by atoms with van der Waals surface area (Å²) in [5.74, 6) is 5.41. The van der Waals surface area contributed by atoms with Gasteiger partial charge in [0, 0.05) is 11.8 Å². The first-order chi connectivity index (χ1) is 8.11. The summed E-state index contributed by atoms with van der Waals surface area (Å²) in [5, 5.41) is 0.0369. The van der Waals surface area contributed by atoms with Crippen molar-refractivity contribution in [3.05, 3.63) is 40.8 Å². The van der Waals surface area contributed by atoms with Crippen LogP contribution in [0.2, 0.25) is 5.02 Å². The molecule has 1 heterocycles. The highest BCUT2D eigenvalue weighted by Crippen LogP contribution is 2.25. The van der Waals surface area contributed by atoms with E-state index in [4.69, 9.17) is 17.4 Å². The minimum atomic E-state index is -0.539. The van der Waals surface area contributed by atoms with Crippen LogP contribution in [0.1, 0.15) is 5.69 Å². The minimum Gasteiger partial charge on any atom is -0.308 e. The van der Waals surface area contributed by atoms with E-state index < -0.39 is 5.82 Å². The number of rotatable bonds is 2. The van der Waals surface area contributed by atoms with Crippen LogP contribution in [0.3, 0.4) is 0 Å². The Balaban J connectivity index is 2.60. The van der Waals surface area contributed by atoms with E-state index in [-0.39, 0.29) is 16.4 Å². The number of nitrogens with one attached hydrogen (secondary N) is 1. The SMILES string of the molecule is Cc1cc(NN)nc(-c2cccc(Cl)c2F)n1. The van der Waals surface area contributed by atoms with Crippen molar-refractivity contribution in [1.82, 2.24) is 9.97 Å². The van der Waals surface area contributed by atoms with Gasteiger partial charge in [-0.25, -0.2) is 20.2 Å². The summed E-state index contributed by atoms with van der Waals surface area (Å²) in [4.78, 5) is 8.23. The molecule has 0 aliphatic carbocycles. The maximum Gasteiger partial charge on any atom is 0.164 e. The highest BCUT2D eigenvalue weighted by atomic mass is 35.5. The molecule has 6 heteroatoms. The smallest absolute Gasteiger partial charge is 0.164 e.